The first-order valence-electron chi connectivity index (χ1n) is 6.36. The van der Waals surface area contributed by atoms with E-state index in [1.54, 1.807) is 6.92 Å². The van der Waals surface area contributed by atoms with Crippen LogP contribution in [0.3, 0.4) is 0 Å². The van der Waals surface area contributed by atoms with E-state index in [4.69, 9.17) is 15.4 Å². The number of benzene rings is 1. The molecule has 0 aliphatic rings. The maximum Gasteiger partial charge on any atom is 0.261 e. The molecule has 5 nitrogen and oxygen atoms in total. The van der Waals surface area contributed by atoms with E-state index in [0.29, 0.717) is 10.2 Å². The van der Waals surface area contributed by atoms with Gasteiger partial charge in [0.05, 0.1) is 9.37 Å². The average molecular weight is 399 g/mol. The van der Waals surface area contributed by atoms with Crippen molar-refractivity contribution in [1.29, 1.82) is 0 Å². The van der Waals surface area contributed by atoms with Crippen molar-refractivity contribution in [3.63, 3.8) is 0 Å². The van der Waals surface area contributed by atoms with Gasteiger partial charge in [-0.2, -0.15) is 0 Å². The monoisotopic (exact) mass is 397 g/mol. The van der Waals surface area contributed by atoms with Gasteiger partial charge in [0, 0.05) is 16.7 Å². The van der Waals surface area contributed by atoms with Crippen molar-refractivity contribution in [2.75, 3.05) is 0 Å². The molecule has 118 valence electrons. The summed E-state index contributed by atoms with van der Waals surface area (Å²) >= 11 is 3.20. The lowest BCUT2D eigenvalue weighted by atomic mass is 10.2. The van der Waals surface area contributed by atoms with Crippen LogP contribution in [0.2, 0.25) is 0 Å². The van der Waals surface area contributed by atoms with Crippen LogP contribution in [0.25, 0.3) is 0 Å². The Morgan fingerprint density at radius 3 is 2.52 bits per heavy atom. The van der Waals surface area contributed by atoms with Gasteiger partial charge in [0.1, 0.15) is 5.75 Å². The third kappa shape index (κ3) is 5.48. The van der Waals surface area contributed by atoms with Gasteiger partial charge in [0.2, 0.25) is 0 Å². The molecule has 0 aliphatic carbocycles. The van der Waals surface area contributed by atoms with Crippen LogP contribution in [0.4, 0.5) is 0 Å². The zero-order chi connectivity index (χ0) is 16.2. The van der Waals surface area contributed by atoms with Crippen molar-refractivity contribution in [3.8, 4) is 5.75 Å². The number of rotatable bonds is 6. The van der Waals surface area contributed by atoms with Crippen molar-refractivity contribution in [1.82, 2.24) is 5.32 Å². The zero-order valence-electron chi connectivity index (χ0n) is 11.9. The number of carbonyl (C=O) groups is 1. The molecule has 1 N–H and O–H groups in total. The molecule has 2 atom stereocenters. The van der Waals surface area contributed by atoms with Gasteiger partial charge in [-0.05, 0) is 54.4 Å². The Balaban J connectivity index is 2.82. The van der Waals surface area contributed by atoms with E-state index in [9.17, 15) is 13.2 Å². The Labute approximate surface area is 137 Å². The number of halogens is 2. The summed E-state index contributed by atoms with van der Waals surface area (Å²) in [7, 11) is 1.46. The van der Waals surface area contributed by atoms with Gasteiger partial charge in [-0.3, -0.25) is 4.79 Å². The van der Waals surface area contributed by atoms with E-state index in [-0.39, 0.29) is 16.8 Å². The molecule has 0 heterocycles. The zero-order valence-corrected chi connectivity index (χ0v) is 15.0. The summed E-state index contributed by atoms with van der Waals surface area (Å²) < 4.78 is 28.4. The lowest BCUT2D eigenvalue weighted by Gasteiger charge is -2.18. The maximum atomic E-state index is 11.9. The molecule has 8 heteroatoms. The molecule has 21 heavy (non-hydrogen) atoms. The fourth-order valence-corrected chi connectivity index (χ4v) is 2.84. The normalized spacial score (nSPS) is 14.3. The molecule has 0 saturated heterocycles. The molecular weight excluding hydrogens is 382 g/mol. The van der Waals surface area contributed by atoms with Crippen molar-refractivity contribution in [2.45, 2.75) is 44.2 Å². The molecule has 1 aromatic carbocycles. The highest BCUT2D eigenvalue weighted by atomic mass is 79.9. The van der Waals surface area contributed by atoms with Crippen LogP contribution in [0, 0.1) is 0 Å². The summed E-state index contributed by atoms with van der Waals surface area (Å²) in [5.74, 6) is 0.135. The maximum absolute atomic E-state index is 11.9. The first kappa shape index (κ1) is 18.3. The summed E-state index contributed by atoms with van der Waals surface area (Å²) in [5.41, 5.74) is 0. The summed E-state index contributed by atoms with van der Waals surface area (Å²) in [6, 6.07) is 4.17. The fourth-order valence-electron chi connectivity index (χ4n) is 1.44. The van der Waals surface area contributed by atoms with E-state index in [1.165, 1.54) is 18.2 Å². The minimum absolute atomic E-state index is 0.0416. The third-order valence-corrected chi connectivity index (χ3v) is 4.83. The lowest BCUT2D eigenvalue weighted by Crippen LogP contribution is -2.41. The van der Waals surface area contributed by atoms with Crippen LogP contribution < -0.4 is 10.1 Å². The van der Waals surface area contributed by atoms with E-state index < -0.39 is 15.2 Å². The smallest absolute Gasteiger partial charge is 0.261 e. The van der Waals surface area contributed by atoms with E-state index >= 15 is 0 Å². The molecule has 1 amide bonds. The molecular formula is C13H17BrClNO4S. The summed E-state index contributed by atoms with van der Waals surface area (Å²) in [6.45, 7) is 5.50. The highest BCUT2D eigenvalue weighted by molar-refractivity contribution is 9.10. The van der Waals surface area contributed by atoms with Gasteiger partial charge in [-0.1, -0.05) is 6.92 Å². The standard InChI is InChI=1S/C13H17BrClNO4S/c1-4-8(2)16-13(17)9(3)20-12-6-5-10(7-11(12)14)21(15,18)19/h5-9H,4H2,1-3H3,(H,16,17). The molecule has 1 aromatic rings. The fraction of sp³-hybridized carbons (Fsp3) is 0.462. The van der Waals surface area contributed by atoms with E-state index in [0.717, 1.165) is 6.42 Å². The SMILES string of the molecule is CCC(C)NC(=O)C(C)Oc1ccc(S(=O)(=O)Cl)cc1Br. The van der Waals surface area contributed by atoms with Crippen LogP contribution in [0.5, 0.6) is 5.75 Å². The average Bonchev–Trinajstić information content (AvgIpc) is 2.39. The van der Waals surface area contributed by atoms with Crippen molar-refractivity contribution in [3.05, 3.63) is 22.7 Å². The first-order chi connectivity index (χ1) is 9.65. The Morgan fingerprint density at radius 1 is 1.43 bits per heavy atom. The summed E-state index contributed by atoms with van der Waals surface area (Å²) in [5, 5.41) is 2.81. The lowest BCUT2D eigenvalue weighted by molar-refractivity contribution is -0.127. The Kier molecular flexibility index (Phi) is 6.49. The van der Waals surface area contributed by atoms with Gasteiger partial charge in [-0.15, -0.1) is 0 Å². The number of hydrogen-bond acceptors (Lipinski definition) is 4. The largest absolute Gasteiger partial charge is 0.480 e. The topological polar surface area (TPSA) is 72.5 Å². The van der Waals surface area contributed by atoms with Crippen LogP contribution in [-0.4, -0.2) is 26.5 Å². The van der Waals surface area contributed by atoms with Gasteiger partial charge in [0.25, 0.3) is 15.0 Å². The minimum atomic E-state index is -3.80. The second kappa shape index (κ2) is 7.47. The Bertz CT molecular complexity index is 621. The second-order valence-corrected chi connectivity index (χ2v) is 8.03. The van der Waals surface area contributed by atoms with Crippen molar-refractivity contribution < 1.29 is 17.9 Å². The van der Waals surface area contributed by atoms with Crippen LogP contribution in [-0.2, 0) is 13.8 Å². The van der Waals surface area contributed by atoms with Gasteiger partial charge in [-0.25, -0.2) is 8.42 Å². The van der Waals surface area contributed by atoms with Gasteiger partial charge < -0.3 is 10.1 Å². The Morgan fingerprint density at radius 2 is 2.05 bits per heavy atom. The molecule has 0 saturated carbocycles. The number of carbonyl (C=O) groups excluding carboxylic acids is 1. The van der Waals surface area contributed by atoms with Crippen LogP contribution in [0.1, 0.15) is 27.2 Å². The minimum Gasteiger partial charge on any atom is -0.480 e. The quantitative estimate of drug-likeness (QED) is 0.748. The molecule has 1 rings (SSSR count). The number of ether oxygens (including phenoxy) is 1. The molecule has 0 bridgehead atoms. The summed E-state index contributed by atoms with van der Waals surface area (Å²) in [6.07, 6.45) is 0.124. The summed E-state index contributed by atoms with van der Waals surface area (Å²) in [4.78, 5) is 11.8. The third-order valence-electron chi connectivity index (χ3n) is 2.86. The molecule has 0 fully saturated rings. The number of amides is 1. The molecule has 0 spiro atoms. The molecule has 0 aromatic heterocycles. The van der Waals surface area contributed by atoms with E-state index in [2.05, 4.69) is 21.2 Å². The second-order valence-electron chi connectivity index (χ2n) is 4.61. The predicted molar refractivity (Wildman–Crippen MR) is 85.2 cm³/mol. The van der Waals surface area contributed by atoms with Crippen LogP contribution in [0.15, 0.2) is 27.6 Å². The number of hydrogen-bond donors (Lipinski definition) is 1. The molecule has 0 radical (unpaired) electrons. The van der Waals surface area contributed by atoms with Crippen molar-refractivity contribution in [2.24, 2.45) is 0 Å². The van der Waals surface area contributed by atoms with Gasteiger partial charge in [0.15, 0.2) is 6.10 Å². The molecule has 0 aliphatic heterocycles. The number of nitrogens with one attached hydrogen (secondary N) is 1. The highest BCUT2D eigenvalue weighted by Crippen LogP contribution is 2.29. The first-order valence-corrected chi connectivity index (χ1v) is 9.46. The Hall–Kier alpha value is -0.790. The van der Waals surface area contributed by atoms with E-state index in [1.807, 2.05) is 13.8 Å². The highest BCUT2D eigenvalue weighted by Gasteiger charge is 2.19. The predicted octanol–water partition coefficient (Wildman–Crippen LogP) is 3.06. The molecule has 2 unspecified atom stereocenters. The van der Waals surface area contributed by atoms with Crippen molar-refractivity contribution >= 4 is 41.6 Å². The van der Waals surface area contributed by atoms with Crippen LogP contribution >= 0.6 is 26.6 Å². The van der Waals surface area contributed by atoms with Gasteiger partial charge >= 0.3 is 0 Å².